The predicted molar refractivity (Wildman–Crippen MR) is 161 cm³/mol. The lowest BCUT2D eigenvalue weighted by atomic mass is 9.98. The summed E-state index contributed by atoms with van der Waals surface area (Å²) in [6, 6.07) is 23.1. The Bertz CT molecular complexity index is 1570. The molecule has 1 aromatic heterocycles. The molecular weight excluding hydrogens is 496 g/mol. The smallest absolute Gasteiger partial charge is 0.254 e. The number of fused-ring (bicyclic) bond motifs is 1. The third kappa shape index (κ3) is 5.15. The number of aryl methyl sites for hydroxylation is 2. The summed E-state index contributed by atoms with van der Waals surface area (Å²) in [6.45, 7) is 11.8. The van der Waals surface area contributed by atoms with E-state index in [9.17, 15) is 10.1 Å². The van der Waals surface area contributed by atoms with Gasteiger partial charge in [0.25, 0.3) is 5.91 Å². The van der Waals surface area contributed by atoms with Crippen LogP contribution >= 0.6 is 0 Å². The van der Waals surface area contributed by atoms with Crippen LogP contribution in [0.3, 0.4) is 0 Å². The zero-order chi connectivity index (χ0) is 27.6. The van der Waals surface area contributed by atoms with Gasteiger partial charge >= 0.3 is 0 Å². The Morgan fingerprint density at radius 2 is 1.60 bits per heavy atom. The van der Waals surface area contributed by atoms with Crippen molar-refractivity contribution < 1.29 is 4.79 Å². The molecule has 0 aliphatic carbocycles. The van der Waals surface area contributed by atoms with Crippen LogP contribution in [0.25, 0.3) is 10.9 Å². The number of H-pyrrole nitrogens is 1. The number of carbonyl (C=O) groups excluding carboxylic acids is 1. The second kappa shape index (κ2) is 11.1. The highest BCUT2D eigenvalue weighted by Crippen LogP contribution is 2.26. The summed E-state index contributed by atoms with van der Waals surface area (Å²) >= 11 is 0. The molecule has 40 heavy (non-hydrogen) atoms. The lowest BCUT2D eigenvalue weighted by Crippen LogP contribution is -2.49. The molecule has 3 heterocycles. The van der Waals surface area contributed by atoms with Crippen molar-refractivity contribution in [2.75, 3.05) is 62.2 Å². The molecule has 6 rings (SSSR count). The molecule has 3 aromatic carbocycles. The maximum Gasteiger partial charge on any atom is 0.254 e. The van der Waals surface area contributed by atoms with E-state index in [0.717, 1.165) is 86.8 Å². The monoisotopic (exact) mass is 532 g/mol. The number of hydrogen-bond acceptors (Lipinski definition) is 5. The fourth-order valence-electron chi connectivity index (χ4n) is 6.11. The fourth-order valence-corrected chi connectivity index (χ4v) is 6.11. The Morgan fingerprint density at radius 3 is 2.38 bits per heavy atom. The molecule has 2 aliphatic rings. The van der Waals surface area contributed by atoms with Gasteiger partial charge in [-0.2, -0.15) is 5.26 Å². The minimum absolute atomic E-state index is 0.136. The quantitative estimate of drug-likeness (QED) is 0.394. The molecule has 1 amide bonds. The normalized spacial score (nSPS) is 16.4. The Kier molecular flexibility index (Phi) is 7.19. The molecular formula is C33H36N6O. The lowest BCUT2D eigenvalue weighted by Gasteiger charge is -2.37. The largest absolute Gasteiger partial charge is 0.368 e. The topological polar surface area (TPSA) is 69.6 Å². The van der Waals surface area contributed by atoms with Crippen LogP contribution < -0.4 is 9.80 Å². The van der Waals surface area contributed by atoms with Crippen molar-refractivity contribution >= 4 is 28.2 Å². The molecule has 0 spiro atoms. The molecule has 7 nitrogen and oxygen atoms in total. The maximum absolute atomic E-state index is 13.7. The van der Waals surface area contributed by atoms with Crippen molar-refractivity contribution in [3.05, 3.63) is 94.7 Å². The summed E-state index contributed by atoms with van der Waals surface area (Å²) < 4.78 is 0. The Balaban J connectivity index is 1.09. The zero-order valence-corrected chi connectivity index (χ0v) is 23.4. The first-order valence-corrected chi connectivity index (χ1v) is 14.2. The number of nitrogens with zero attached hydrogens (tertiary/aromatic N) is 5. The van der Waals surface area contributed by atoms with E-state index >= 15 is 0 Å². The van der Waals surface area contributed by atoms with E-state index < -0.39 is 0 Å². The number of aromatic amines is 1. The molecule has 2 fully saturated rings. The highest BCUT2D eigenvalue weighted by molar-refractivity contribution is 5.96. The van der Waals surface area contributed by atoms with Crippen LogP contribution in [-0.4, -0.2) is 73.0 Å². The molecule has 0 saturated carbocycles. The highest BCUT2D eigenvalue weighted by atomic mass is 16.2. The molecule has 204 valence electrons. The number of nitrogens with one attached hydrogen (secondary N) is 1. The summed E-state index contributed by atoms with van der Waals surface area (Å²) in [7, 11) is 0. The van der Waals surface area contributed by atoms with Crippen LogP contribution in [0, 0.1) is 25.2 Å². The average Bonchev–Trinajstić information content (AvgIpc) is 3.47. The van der Waals surface area contributed by atoms with Gasteiger partial charge in [0, 0.05) is 87.3 Å². The molecule has 2 aliphatic heterocycles. The summed E-state index contributed by atoms with van der Waals surface area (Å²) in [5.41, 5.74) is 8.44. The minimum Gasteiger partial charge on any atom is -0.368 e. The first kappa shape index (κ1) is 26.0. The van der Waals surface area contributed by atoms with Gasteiger partial charge in [-0.05, 0) is 73.0 Å². The van der Waals surface area contributed by atoms with Crippen molar-refractivity contribution in [1.29, 1.82) is 5.26 Å². The van der Waals surface area contributed by atoms with Gasteiger partial charge in [0.2, 0.25) is 0 Å². The number of para-hydroxylation sites is 1. The number of nitriles is 1. The average molecular weight is 533 g/mol. The number of anilines is 2. The minimum atomic E-state index is 0.136. The number of carbonyl (C=O) groups is 1. The Labute approximate surface area is 236 Å². The van der Waals surface area contributed by atoms with Crippen molar-refractivity contribution in [2.45, 2.75) is 20.4 Å². The molecule has 0 radical (unpaired) electrons. The highest BCUT2D eigenvalue weighted by Gasteiger charge is 2.25. The Hall–Kier alpha value is -4.28. The van der Waals surface area contributed by atoms with E-state index in [4.69, 9.17) is 0 Å². The van der Waals surface area contributed by atoms with Gasteiger partial charge in [0.05, 0.1) is 11.3 Å². The number of hydrogen-bond donors (Lipinski definition) is 1. The third-order valence-electron chi connectivity index (χ3n) is 8.51. The van der Waals surface area contributed by atoms with Crippen LogP contribution in [0.4, 0.5) is 11.4 Å². The lowest BCUT2D eigenvalue weighted by molar-refractivity contribution is 0.0746. The van der Waals surface area contributed by atoms with Gasteiger partial charge < -0.3 is 19.7 Å². The molecule has 1 N–H and O–H groups in total. The van der Waals surface area contributed by atoms with Gasteiger partial charge in [-0.1, -0.05) is 18.2 Å². The molecule has 4 aromatic rings. The number of rotatable bonds is 5. The summed E-state index contributed by atoms with van der Waals surface area (Å²) in [5.74, 6) is 0.136. The van der Waals surface area contributed by atoms with E-state index in [1.165, 1.54) is 22.2 Å². The fraction of sp³-hybridized carbons (Fsp3) is 0.333. The summed E-state index contributed by atoms with van der Waals surface area (Å²) in [5, 5.41) is 10.7. The summed E-state index contributed by atoms with van der Waals surface area (Å²) in [6.07, 6.45) is 1.97. The molecule has 0 atom stereocenters. The van der Waals surface area contributed by atoms with Gasteiger partial charge in [0.15, 0.2) is 0 Å². The van der Waals surface area contributed by atoms with Gasteiger partial charge in [-0.15, -0.1) is 0 Å². The van der Waals surface area contributed by atoms with E-state index in [2.05, 4.69) is 76.0 Å². The van der Waals surface area contributed by atoms with Crippen LogP contribution in [0.2, 0.25) is 0 Å². The molecule has 0 unspecified atom stereocenters. The van der Waals surface area contributed by atoms with E-state index in [0.29, 0.717) is 0 Å². The second-order valence-corrected chi connectivity index (χ2v) is 11.0. The van der Waals surface area contributed by atoms with E-state index in [-0.39, 0.29) is 5.91 Å². The van der Waals surface area contributed by atoms with Crippen molar-refractivity contribution in [3.63, 3.8) is 0 Å². The predicted octanol–water partition coefficient (Wildman–Crippen LogP) is 4.94. The van der Waals surface area contributed by atoms with Crippen LogP contribution in [0.5, 0.6) is 0 Å². The van der Waals surface area contributed by atoms with E-state index in [1.807, 2.05) is 35.4 Å². The molecule has 0 bridgehead atoms. The Morgan fingerprint density at radius 1 is 0.850 bits per heavy atom. The standard InChI is InChI=1S/C33H36N6O/c1-24-19-25(2)30(21-28(24)23-36-11-13-38(14-12-36)32-6-4-3-5-27(32)22-34)33(40)39-17-15-37(16-18-39)29-7-8-31-26(20-29)9-10-35-31/h3-10,19-21,35H,11-18,23H2,1-2H3. The first-order chi connectivity index (χ1) is 19.5. The molecule has 2 saturated heterocycles. The van der Waals surface area contributed by atoms with Gasteiger partial charge in [0.1, 0.15) is 6.07 Å². The number of aromatic nitrogens is 1. The maximum atomic E-state index is 13.7. The third-order valence-corrected chi connectivity index (χ3v) is 8.51. The zero-order valence-electron chi connectivity index (χ0n) is 23.4. The van der Waals surface area contributed by atoms with Crippen LogP contribution in [0.1, 0.15) is 32.6 Å². The number of piperazine rings is 2. The van der Waals surface area contributed by atoms with Crippen LogP contribution in [0.15, 0.2) is 66.9 Å². The number of amides is 1. The van der Waals surface area contributed by atoms with Crippen LogP contribution in [-0.2, 0) is 6.54 Å². The van der Waals surface area contributed by atoms with Gasteiger partial charge in [-0.25, -0.2) is 0 Å². The SMILES string of the molecule is Cc1cc(C)c(C(=O)N2CCN(c3ccc4[nH]ccc4c3)CC2)cc1CN1CCN(c2ccccc2C#N)CC1. The van der Waals surface area contributed by atoms with Gasteiger partial charge in [-0.3, -0.25) is 9.69 Å². The van der Waals surface area contributed by atoms with Crippen molar-refractivity contribution in [2.24, 2.45) is 0 Å². The number of benzene rings is 3. The van der Waals surface area contributed by atoms with Crippen molar-refractivity contribution in [3.8, 4) is 6.07 Å². The second-order valence-electron chi connectivity index (χ2n) is 11.0. The van der Waals surface area contributed by atoms with E-state index in [1.54, 1.807) is 0 Å². The summed E-state index contributed by atoms with van der Waals surface area (Å²) in [4.78, 5) is 26.1. The first-order valence-electron chi connectivity index (χ1n) is 14.2. The van der Waals surface area contributed by atoms with Crippen molar-refractivity contribution in [1.82, 2.24) is 14.8 Å². The molecule has 7 heteroatoms.